The second kappa shape index (κ2) is 12.5. The van der Waals surface area contributed by atoms with Gasteiger partial charge in [0.25, 0.3) is 0 Å². The third-order valence-corrected chi connectivity index (χ3v) is 7.41. The number of aliphatic hydroxyl groups excluding tert-OH is 1. The normalized spacial score (nSPS) is 28.9. The van der Waals surface area contributed by atoms with E-state index >= 15 is 0 Å². The van der Waals surface area contributed by atoms with Crippen LogP contribution in [0.15, 0.2) is 29.7 Å². The highest BCUT2D eigenvalue weighted by atomic mass is 31.2. The first kappa shape index (κ1) is 29.2. The molecule has 1 saturated heterocycles. The lowest BCUT2D eigenvalue weighted by Crippen LogP contribution is -2.53. The lowest BCUT2D eigenvalue weighted by molar-refractivity contribution is -0.142. The molecule has 14 nitrogen and oxygen atoms in total. The molecule has 1 saturated carbocycles. The summed E-state index contributed by atoms with van der Waals surface area (Å²) in [6.45, 7) is 7.46. The smallest absolute Gasteiger partial charge is 0.341 e. The highest BCUT2D eigenvalue weighted by Gasteiger charge is 2.55. The lowest BCUT2D eigenvalue weighted by Gasteiger charge is -2.37. The molecule has 1 unspecified atom stereocenters. The molecular formula is C22H36N5O9P. The van der Waals surface area contributed by atoms with Gasteiger partial charge >= 0.3 is 19.6 Å². The molecule has 3 aliphatic rings. The van der Waals surface area contributed by atoms with Gasteiger partial charge in [-0.1, -0.05) is 6.58 Å². The van der Waals surface area contributed by atoms with Crippen molar-refractivity contribution in [1.82, 2.24) is 20.4 Å². The SMILES string of the molecule is C=C1NC(=NC2CC2)C=CN1[C@@H]1O[C@H](COP(=O)(NCC(=O)OCC)NCC(=O)OCC)C(O)[C@]1(C)O. The average Bonchev–Trinajstić information content (AvgIpc) is 3.63. The predicted molar refractivity (Wildman–Crippen MR) is 132 cm³/mol. The van der Waals surface area contributed by atoms with Crippen molar-refractivity contribution in [3.63, 3.8) is 0 Å². The predicted octanol–water partition coefficient (Wildman–Crippen LogP) is -0.296. The number of amidine groups is 1. The van der Waals surface area contributed by atoms with Crippen molar-refractivity contribution in [1.29, 1.82) is 0 Å². The summed E-state index contributed by atoms with van der Waals surface area (Å²) >= 11 is 0. The zero-order valence-corrected chi connectivity index (χ0v) is 22.1. The summed E-state index contributed by atoms with van der Waals surface area (Å²) in [5.74, 6) is -0.337. The monoisotopic (exact) mass is 545 g/mol. The van der Waals surface area contributed by atoms with Gasteiger partial charge in [-0.15, -0.1) is 0 Å². The summed E-state index contributed by atoms with van der Waals surface area (Å²) in [7, 11) is -4.02. The Balaban J connectivity index is 1.66. The van der Waals surface area contributed by atoms with Gasteiger partial charge in [-0.2, -0.15) is 0 Å². The van der Waals surface area contributed by atoms with Crippen LogP contribution in [0.1, 0.15) is 33.6 Å². The number of esters is 2. The molecule has 208 valence electrons. The van der Waals surface area contributed by atoms with Gasteiger partial charge in [0.15, 0.2) is 6.23 Å². The van der Waals surface area contributed by atoms with Crippen LogP contribution in [0, 0.1) is 0 Å². The summed E-state index contributed by atoms with van der Waals surface area (Å²) in [6.07, 6.45) is 1.81. The Kier molecular flexibility index (Phi) is 9.86. The largest absolute Gasteiger partial charge is 0.465 e. The van der Waals surface area contributed by atoms with Crippen LogP contribution in [-0.2, 0) is 32.9 Å². The van der Waals surface area contributed by atoms with E-state index in [-0.39, 0.29) is 13.2 Å². The van der Waals surface area contributed by atoms with Gasteiger partial charge in [-0.05, 0) is 39.7 Å². The number of aliphatic imine (C=N–C) groups is 1. The third-order valence-electron chi connectivity index (χ3n) is 5.75. The maximum absolute atomic E-state index is 13.3. The number of rotatable bonds is 13. The fraction of sp³-hybridized carbons (Fsp3) is 0.682. The van der Waals surface area contributed by atoms with Crippen molar-refractivity contribution in [3.05, 3.63) is 24.7 Å². The minimum atomic E-state index is -4.02. The van der Waals surface area contributed by atoms with Crippen LogP contribution in [-0.4, -0.2) is 95.9 Å². The molecule has 15 heteroatoms. The van der Waals surface area contributed by atoms with Crippen molar-refractivity contribution >= 4 is 25.4 Å². The maximum Gasteiger partial charge on any atom is 0.341 e. The van der Waals surface area contributed by atoms with Gasteiger partial charge in [-0.25, -0.2) is 10.2 Å². The second-order valence-corrected chi connectivity index (χ2v) is 10.9. The first-order valence-electron chi connectivity index (χ1n) is 12.1. The number of carbonyl (C=O) groups is 2. The van der Waals surface area contributed by atoms with E-state index in [0.29, 0.717) is 17.7 Å². The van der Waals surface area contributed by atoms with Crippen LogP contribution >= 0.6 is 7.67 Å². The zero-order valence-electron chi connectivity index (χ0n) is 21.2. The molecule has 2 heterocycles. The Hall–Kier alpha value is -2.32. The fourth-order valence-electron chi connectivity index (χ4n) is 3.65. The fourth-order valence-corrected chi connectivity index (χ4v) is 4.98. The number of nitrogens with one attached hydrogen (secondary N) is 3. The molecule has 5 N–H and O–H groups in total. The van der Waals surface area contributed by atoms with Gasteiger partial charge in [-0.3, -0.25) is 19.1 Å². The van der Waals surface area contributed by atoms with Crippen LogP contribution in [0.3, 0.4) is 0 Å². The van der Waals surface area contributed by atoms with Crippen LogP contribution < -0.4 is 15.5 Å². The van der Waals surface area contributed by atoms with Crippen molar-refractivity contribution in [3.8, 4) is 0 Å². The first-order valence-corrected chi connectivity index (χ1v) is 13.7. The van der Waals surface area contributed by atoms with E-state index < -0.39 is 63.3 Å². The minimum Gasteiger partial charge on any atom is -0.465 e. The number of nitrogens with zero attached hydrogens (tertiary/aromatic N) is 2. The summed E-state index contributed by atoms with van der Waals surface area (Å²) < 4.78 is 34.3. The average molecular weight is 546 g/mol. The van der Waals surface area contributed by atoms with Gasteiger partial charge in [0.05, 0.1) is 25.9 Å². The number of carbonyl (C=O) groups excluding carboxylic acids is 2. The Labute approximate surface area is 215 Å². The van der Waals surface area contributed by atoms with E-state index in [4.69, 9.17) is 18.7 Å². The molecule has 0 amide bonds. The highest BCUT2D eigenvalue weighted by Crippen LogP contribution is 2.41. The maximum atomic E-state index is 13.3. The molecule has 0 aromatic rings. The van der Waals surface area contributed by atoms with Crippen molar-refractivity contribution in [2.24, 2.45) is 4.99 Å². The summed E-state index contributed by atoms with van der Waals surface area (Å²) in [5, 5.41) is 29.8. The van der Waals surface area contributed by atoms with Crippen LogP contribution in [0.2, 0.25) is 0 Å². The van der Waals surface area contributed by atoms with E-state index in [1.165, 1.54) is 11.8 Å². The quantitative estimate of drug-likeness (QED) is 0.151. The Morgan fingerprint density at radius 2 is 1.86 bits per heavy atom. The highest BCUT2D eigenvalue weighted by molar-refractivity contribution is 7.54. The van der Waals surface area contributed by atoms with Crippen LogP contribution in [0.5, 0.6) is 0 Å². The molecule has 0 spiro atoms. The van der Waals surface area contributed by atoms with E-state index in [2.05, 4.69) is 27.1 Å². The molecule has 0 aromatic heterocycles. The van der Waals surface area contributed by atoms with Crippen molar-refractivity contribution in [2.75, 3.05) is 32.9 Å². The van der Waals surface area contributed by atoms with E-state index in [9.17, 15) is 24.4 Å². The van der Waals surface area contributed by atoms with Crippen molar-refractivity contribution < 1.29 is 43.1 Å². The molecule has 3 rings (SSSR count). The molecular weight excluding hydrogens is 509 g/mol. The summed E-state index contributed by atoms with van der Waals surface area (Å²) in [4.78, 5) is 29.5. The zero-order chi connectivity index (χ0) is 27.2. The topological polar surface area (TPSA) is 180 Å². The number of ether oxygens (including phenoxy) is 3. The summed E-state index contributed by atoms with van der Waals surface area (Å²) in [5.41, 5.74) is -1.77. The van der Waals surface area contributed by atoms with Gasteiger partial charge < -0.3 is 39.2 Å². The number of aliphatic hydroxyl groups is 2. The van der Waals surface area contributed by atoms with Crippen molar-refractivity contribution in [2.45, 2.75) is 63.7 Å². The number of hydrogen-bond acceptors (Lipinski definition) is 11. The first-order chi connectivity index (χ1) is 17.5. The molecule has 0 aromatic carbocycles. The molecule has 37 heavy (non-hydrogen) atoms. The third kappa shape index (κ3) is 7.84. The second-order valence-electron chi connectivity index (χ2n) is 8.86. The molecule has 4 atom stereocenters. The molecule has 2 aliphatic heterocycles. The van der Waals surface area contributed by atoms with Gasteiger partial charge in [0.2, 0.25) is 0 Å². The Morgan fingerprint density at radius 1 is 1.27 bits per heavy atom. The van der Waals surface area contributed by atoms with Crippen LogP contribution in [0.25, 0.3) is 0 Å². The molecule has 1 aliphatic carbocycles. The van der Waals surface area contributed by atoms with Gasteiger partial charge in [0, 0.05) is 6.20 Å². The standard InChI is InChI=1S/C22H36N5O9P/c1-5-33-18(28)11-23-37(32,24-12-19(29)34-6-2)35-13-16-20(30)22(4,31)21(36-16)27-10-9-17(25-14(27)3)26-15-7-8-15/h9-10,15-16,20-21,30-31H,3,5-8,11-13H2,1-2,4H3,(H,25,26)(H2,23,24,32)/t16-,20?,21-,22+/m1/s1. The lowest BCUT2D eigenvalue weighted by atomic mass is 9.96. The molecule has 0 radical (unpaired) electrons. The number of hydrogen-bond donors (Lipinski definition) is 5. The Morgan fingerprint density at radius 3 is 2.38 bits per heavy atom. The summed E-state index contributed by atoms with van der Waals surface area (Å²) in [6, 6.07) is 0.297. The Bertz CT molecular complexity index is 942. The van der Waals surface area contributed by atoms with E-state index in [0.717, 1.165) is 12.8 Å². The molecule has 2 fully saturated rings. The van der Waals surface area contributed by atoms with E-state index in [1.807, 2.05) is 0 Å². The van der Waals surface area contributed by atoms with Crippen LogP contribution in [0.4, 0.5) is 0 Å². The molecule has 0 bridgehead atoms. The van der Waals surface area contributed by atoms with Gasteiger partial charge in [0.1, 0.15) is 42.6 Å². The minimum absolute atomic E-state index is 0.125. The van der Waals surface area contributed by atoms with E-state index in [1.54, 1.807) is 26.1 Å².